The summed E-state index contributed by atoms with van der Waals surface area (Å²) in [4.78, 5) is 18.7. The van der Waals surface area contributed by atoms with E-state index in [1.165, 1.54) is 0 Å². The number of phenolic OH excluding ortho intramolecular Hbond substituents is 1. The maximum Gasteiger partial charge on any atom is 0.316 e. The molecule has 0 aliphatic rings. The summed E-state index contributed by atoms with van der Waals surface area (Å²) in [5.41, 5.74) is 2.71. The van der Waals surface area contributed by atoms with Crippen molar-refractivity contribution >= 4 is 37.8 Å². The third-order valence-corrected chi connectivity index (χ3v) is 5.19. The second-order valence-corrected chi connectivity index (χ2v) is 7.88. The SMILES string of the molecule is C=CCN(Cc1cccc(C)c1)C(=O)c1nc(-c2cc(Br)c(O)c(Br)c2)no1. The number of benzene rings is 2. The van der Waals surface area contributed by atoms with E-state index < -0.39 is 0 Å². The average molecular weight is 507 g/mol. The Morgan fingerprint density at radius 3 is 2.64 bits per heavy atom. The van der Waals surface area contributed by atoms with E-state index in [9.17, 15) is 9.90 Å². The van der Waals surface area contributed by atoms with Crippen LogP contribution in [0.5, 0.6) is 5.75 Å². The van der Waals surface area contributed by atoms with Gasteiger partial charge in [0.2, 0.25) is 5.82 Å². The lowest BCUT2D eigenvalue weighted by molar-refractivity contribution is 0.0712. The number of carbonyl (C=O) groups excluding carboxylic acids is 1. The minimum absolute atomic E-state index is 0.0684. The number of aromatic nitrogens is 2. The molecule has 1 aromatic heterocycles. The summed E-state index contributed by atoms with van der Waals surface area (Å²) in [6.07, 6.45) is 1.65. The lowest BCUT2D eigenvalue weighted by Crippen LogP contribution is -2.31. The Morgan fingerprint density at radius 1 is 1.29 bits per heavy atom. The zero-order valence-electron chi connectivity index (χ0n) is 15.0. The van der Waals surface area contributed by atoms with E-state index in [1.54, 1.807) is 23.1 Å². The van der Waals surface area contributed by atoms with Gasteiger partial charge in [0.1, 0.15) is 5.75 Å². The van der Waals surface area contributed by atoms with Crippen molar-refractivity contribution in [1.29, 1.82) is 0 Å². The van der Waals surface area contributed by atoms with Crippen LogP contribution in [0.25, 0.3) is 11.4 Å². The molecule has 0 spiro atoms. The highest BCUT2D eigenvalue weighted by Gasteiger charge is 2.23. The first-order valence-corrected chi connectivity index (χ1v) is 9.95. The first-order chi connectivity index (χ1) is 13.4. The minimum atomic E-state index is -0.378. The Balaban J connectivity index is 1.85. The highest BCUT2D eigenvalue weighted by Crippen LogP contribution is 2.36. The Hall–Kier alpha value is -2.45. The monoisotopic (exact) mass is 505 g/mol. The number of amides is 1. The number of aryl methyl sites for hydroxylation is 1. The van der Waals surface area contributed by atoms with Gasteiger partial charge in [-0.1, -0.05) is 41.1 Å². The molecular weight excluding hydrogens is 490 g/mol. The molecule has 0 radical (unpaired) electrons. The minimum Gasteiger partial charge on any atom is -0.506 e. The van der Waals surface area contributed by atoms with Gasteiger partial charge in [-0.25, -0.2) is 0 Å². The molecule has 1 amide bonds. The van der Waals surface area contributed by atoms with Gasteiger partial charge >= 0.3 is 11.8 Å². The van der Waals surface area contributed by atoms with E-state index in [2.05, 4.69) is 48.6 Å². The van der Waals surface area contributed by atoms with E-state index in [0.29, 0.717) is 27.6 Å². The van der Waals surface area contributed by atoms with Gasteiger partial charge in [-0.2, -0.15) is 4.98 Å². The molecule has 6 nitrogen and oxygen atoms in total. The van der Waals surface area contributed by atoms with Gasteiger partial charge in [0.25, 0.3) is 0 Å². The van der Waals surface area contributed by atoms with E-state index in [1.807, 2.05) is 31.2 Å². The summed E-state index contributed by atoms with van der Waals surface area (Å²) in [5.74, 6) is -0.167. The third kappa shape index (κ3) is 4.51. The molecule has 0 saturated heterocycles. The van der Waals surface area contributed by atoms with Crippen LogP contribution in [-0.2, 0) is 6.54 Å². The Kier molecular flexibility index (Phi) is 6.31. The lowest BCUT2D eigenvalue weighted by Gasteiger charge is -2.19. The fourth-order valence-corrected chi connectivity index (χ4v) is 3.85. The quantitative estimate of drug-likeness (QED) is 0.470. The number of halogens is 2. The molecule has 1 heterocycles. The van der Waals surface area contributed by atoms with Crippen LogP contribution < -0.4 is 0 Å². The van der Waals surface area contributed by atoms with E-state index in [4.69, 9.17) is 4.52 Å². The van der Waals surface area contributed by atoms with Crippen molar-refractivity contribution < 1.29 is 14.4 Å². The van der Waals surface area contributed by atoms with Crippen molar-refractivity contribution in [1.82, 2.24) is 15.0 Å². The lowest BCUT2D eigenvalue weighted by atomic mass is 10.1. The van der Waals surface area contributed by atoms with E-state index in [0.717, 1.165) is 11.1 Å². The molecule has 0 aliphatic carbocycles. The van der Waals surface area contributed by atoms with Crippen LogP contribution in [0.1, 0.15) is 21.8 Å². The van der Waals surface area contributed by atoms with Crippen LogP contribution in [0.3, 0.4) is 0 Å². The van der Waals surface area contributed by atoms with Crippen molar-refractivity contribution in [2.75, 3.05) is 6.54 Å². The Labute approximate surface area is 179 Å². The van der Waals surface area contributed by atoms with Gasteiger partial charge in [-0.15, -0.1) is 6.58 Å². The van der Waals surface area contributed by atoms with Gasteiger partial charge < -0.3 is 14.5 Å². The molecule has 0 fully saturated rings. The van der Waals surface area contributed by atoms with Gasteiger partial charge in [0.15, 0.2) is 0 Å². The van der Waals surface area contributed by atoms with Crippen LogP contribution in [0.2, 0.25) is 0 Å². The van der Waals surface area contributed by atoms with Crippen LogP contribution in [0.4, 0.5) is 0 Å². The van der Waals surface area contributed by atoms with Crippen LogP contribution in [0.15, 0.2) is 62.5 Å². The molecule has 2 aromatic carbocycles. The smallest absolute Gasteiger partial charge is 0.316 e. The standard InChI is InChI=1S/C20H17Br2N3O3/c1-3-7-25(11-13-6-4-5-12(2)8-13)20(27)19-23-18(24-28-19)14-9-15(21)17(26)16(22)10-14/h3-6,8-10,26H,1,7,11H2,2H3. The fourth-order valence-electron chi connectivity index (χ4n) is 2.66. The maximum absolute atomic E-state index is 12.9. The molecule has 0 atom stereocenters. The molecule has 144 valence electrons. The largest absolute Gasteiger partial charge is 0.506 e. The van der Waals surface area contributed by atoms with Crippen LogP contribution in [-0.4, -0.2) is 32.6 Å². The Morgan fingerprint density at radius 2 is 2.00 bits per heavy atom. The predicted octanol–water partition coefficient (Wildman–Crippen LogP) is 5.10. The van der Waals surface area contributed by atoms with Crippen LogP contribution in [0, 0.1) is 6.92 Å². The van der Waals surface area contributed by atoms with Crippen molar-refractivity contribution in [3.8, 4) is 17.1 Å². The molecule has 0 aliphatic heterocycles. The normalized spacial score (nSPS) is 10.7. The number of aromatic hydroxyl groups is 1. The Bertz CT molecular complexity index is 1010. The predicted molar refractivity (Wildman–Crippen MR) is 113 cm³/mol. The van der Waals surface area contributed by atoms with Gasteiger partial charge in [0, 0.05) is 18.7 Å². The third-order valence-electron chi connectivity index (χ3n) is 3.98. The molecule has 0 bridgehead atoms. The molecular formula is C20H17Br2N3O3. The zero-order chi connectivity index (χ0) is 20.3. The molecule has 3 rings (SSSR count). The summed E-state index contributed by atoms with van der Waals surface area (Å²) >= 11 is 6.53. The molecule has 0 unspecified atom stereocenters. The highest BCUT2D eigenvalue weighted by molar-refractivity contribution is 9.11. The van der Waals surface area contributed by atoms with Crippen LogP contribution >= 0.6 is 31.9 Å². The number of phenols is 1. The molecule has 1 N–H and O–H groups in total. The average Bonchev–Trinajstić information content (AvgIpc) is 3.15. The molecule has 8 heteroatoms. The van der Waals surface area contributed by atoms with Crippen molar-refractivity contribution in [2.24, 2.45) is 0 Å². The zero-order valence-corrected chi connectivity index (χ0v) is 18.2. The number of nitrogens with zero attached hydrogens (tertiary/aromatic N) is 3. The summed E-state index contributed by atoms with van der Waals surface area (Å²) in [6.45, 7) is 6.47. The van der Waals surface area contributed by atoms with E-state index >= 15 is 0 Å². The van der Waals surface area contributed by atoms with E-state index in [-0.39, 0.29) is 23.4 Å². The molecule has 28 heavy (non-hydrogen) atoms. The maximum atomic E-state index is 12.9. The fraction of sp³-hybridized carbons (Fsp3) is 0.150. The topological polar surface area (TPSA) is 79.5 Å². The van der Waals surface area contributed by atoms with Crippen molar-refractivity contribution in [2.45, 2.75) is 13.5 Å². The summed E-state index contributed by atoms with van der Waals surface area (Å²) in [6, 6.07) is 11.2. The first-order valence-electron chi connectivity index (χ1n) is 8.37. The first kappa shape index (κ1) is 20.3. The van der Waals surface area contributed by atoms with Gasteiger partial charge in [-0.3, -0.25) is 4.79 Å². The molecule has 0 saturated carbocycles. The van der Waals surface area contributed by atoms with Crippen molar-refractivity contribution in [3.63, 3.8) is 0 Å². The second kappa shape index (κ2) is 8.70. The van der Waals surface area contributed by atoms with Gasteiger partial charge in [0.05, 0.1) is 8.95 Å². The van der Waals surface area contributed by atoms with Crippen molar-refractivity contribution in [3.05, 3.63) is 75.0 Å². The highest BCUT2D eigenvalue weighted by atomic mass is 79.9. The summed E-state index contributed by atoms with van der Waals surface area (Å²) in [5, 5.41) is 13.7. The van der Waals surface area contributed by atoms with Gasteiger partial charge in [-0.05, 0) is 56.5 Å². The number of hydrogen-bond acceptors (Lipinski definition) is 5. The number of carbonyl (C=O) groups is 1. The number of rotatable bonds is 6. The number of hydrogen-bond donors (Lipinski definition) is 1. The molecule has 3 aromatic rings. The second-order valence-electron chi connectivity index (χ2n) is 6.18. The summed E-state index contributed by atoms with van der Waals surface area (Å²) in [7, 11) is 0. The summed E-state index contributed by atoms with van der Waals surface area (Å²) < 4.78 is 6.15.